The highest BCUT2D eigenvalue weighted by atomic mass is 35.5. The van der Waals surface area contributed by atoms with Gasteiger partial charge >= 0.3 is 0 Å². The Bertz CT molecular complexity index is 909. The summed E-state index contributed by atoms with van der Waals surface area (Å²) in [6, 6.07) is 13.4. The summed E-state index contributed by atoms with van der Waals surface area (Å²) < 4.78 is 0. The van der Waals surface area contributed by atoms with Gasteiger partial charge in [0.2, 0.25) is 0 Å². The Hall–Kier alpha value is -2.50. The molecule has 0 spiro atoms. The fourth-order valence-corrected chi connectivity index (χ4v) is 3.24. The summed E-state index contributed by atoms with van der Waals surface area (Å²) in [5, 5.41) is 4.23. The number of aromatic nitrogens is 2. The second kappa shape index (κ2) is 7.81. The van der Waals surface area contributed by atoms with Crippen LogP contribution in [0.5, 0.6) is 0 Å². The Morgan fingerprint density at radius 2 is 1.81 bits per heavy atom. The van der Waals surface area contributed by atoms with E-state index in [1.54, 1.807) is 18.2 Å². The molecule has 0 saturated heterocycles. The van der Waals surface area contributed by atoms with Gasteiger partial charge in [0, 0.05) is 28.0 Å². The second-order valence-electron chi connectivity index (χ2n) is 5.83. The molecule has 3 N–H and O–H groups in total. The van der Waals surface area contributed by atoms with Crippen LogP contribution in [-0.4, -0.2) is 16.5 Å². The van der Waals surface area contributed by atoms with Crippen LogP contribution in [0.2, 0.25) is 10.0 Å². The smallest absolute Gasteiger partial charge is 0.161 e. The Kier molecular flexibility index (Phi) is 5.49. The molecule has 0 radical (unpaired) electrons. The first-order valence-electron chi connectivity index (χ1n) is 8.15. The molecule has 0 atom stereocenters. The molecule has 0 aliphatic carbocycles. The van der Waals surface area contributed by atoms with Crippen molar-refractivity contribution in [3.8, 4) is 0 Å². The Balaban J connectivity index is 1.98. The fraction of sp³-hybridized carbons (Fsp3) is 0.158. The monoisotopic (exact) mass is 387 g/mol. The predicted molar refractivity (Wildman–Crippen MR) is 110 cm³/mol. The van der Waals surface area contributed by atoms with Crippen molar-refractivity contribution in [3.63, 3.8) is 0 Å². The van der Waals surface area contributed by atoms with Gasteiger partial charge in [-0.3, -0.25) is 0 Å². The highest BCUT2D eigenvalue weighted by Gasteiger charge is 2.16. The molecular formula is C19H19Cl2N5. The zero-order chi connectivity index (χ0) is 18.7. The lowest BCUT2D eigenvalue weighted by molar-refractivity contribution is 0.979. The number of aryl methyl sites for hydroxylation is 1. The number of nitrogens with one attached hydrogen (secondary N) is 1. The van der Waals surface area contributed by atoms with Crippen LogP contribution < -0.4 is 16.0 Å². The van der Waals surface area contributed by atoms with Crippen molar-refractivity contribution in [1.29, 1.82) is 0 Å². The average molecular weight is 388 g/mol. The van der Waals surface area contributed by atoms with Gasteiger partial charge in [-0.1, -0.05) is 35.3 Å². The van der Waals surface area contributed by atoms with Gasteiger partial charge in [-0.25, -0.2) is 9.97 Å². The fourth-order valence-electron chi connectivity index (χ4n) is 2.71. The predicted octanol–water partition coefficient (Wildman–Crippen LogP) is 5.58. The Morgan fingerprint density at radius 1 is 1.08 bits per heavy atom. The topological polar surface area (TPSA) is 67.1 Å². The summed E-state index contributed by atoms with van der Waals surface area (Å²) in [6.45, 7) is 4.82. The normalized spacial score (nSPS) is 10.6. The van der Waals surface area contributed by atoms with E-state index in [4.69, 9.17) is 28.9 Å². The summed E-state index contributed by atoms with van der Waals surface area (Å²) in [6.07, 6.45) is 1.48. The lowest BCUT2D eigenvalue weighted by Gasteiger charge is -2.24. The van der Waals surface area contributed by atoms with E-state index >= 15 is 0 Å². The minimum absolute atomic E-state index is 0.451. The summed E-state index contributed by atoms with van der Waals surface area (Å²) in [5.41, 5.74) is 9.71. The molecule has 1 heterocycles. The number of nitrogens with zero attached hydrogens (tertiary/aromatic N) is 3. The number of benzene rings is 2. The molecule has 5 nitrogen and oxygen atoms in total. The molecule has 0 saturated carbocycles. The van der Waals surface area contributed by atoms with Gasteiger partial charge in [0.25, 0.3) is 0 Å². The maximum Gasteiger partial charge on any atom is 0.161 e. The number of nitrogens with two attached hydrogens (primary N) is 1. The molecule has 26 heavy (non-hydrogen) atoms. The van der Waals surface area contributed by atoms with Gasteiger partial charge in [0.05, 0.1) is 0 Å². The number of hydrogen-bond donors (Lipinski definition) is 2. The molecule has 134 valence electrons. The first-order chi connectivity index (χ1) is 12.5. The van der Waals surface area contributed by atoms with Crippen molar-refractivity contribution >= 4 is 51.9 Å². The molecule has 3 rings (SSSR count). The van der Waals surface area contributed by atoms with Crippen LogP contribution in [0.15, 0.2) is 48.8 Å². The molecule has 7 heteroatoms. The maximum absolute atomic E-state index is 6.36. The molecular weight excluding hydrogens is 369 g/mol. The molecule has 2 aromatic carbocycles. The molecule has 0 bridgehead atoms. The van der Waals surface area contributed by atoms with Crippen LogP contribution in [0.1, 0.15) is 12.5 Å². The number of hydrogen-bond acceptors (Lipinski definition) is 5. The Morgan fingerprint density at radius 3 is 2.46 bits per heavy atom. The van der Waals surface area contributed by atoms with Crippen molar-refractivity contribution in [2.75, 3.05) is 22.5 Å². The molecule has 0 fully saturated rings. The third-order valence-electron chi connectivity index (χ3n) is 3.87. The van der Waals surface area contributed by atoms with E-state index in [2.05, 4.69) is 34.3 Å². The van der Waals surface area contributed by atoms with Crippen molar-refractivity contribution in [2.45, 2.75) is 13.8 Å². The van der Waals surface area contributed by atoms with Crippen LogP contribution in [-0.2, 0) is 0 Å². The summed E-state index contributed by atoms with van der Waals surface area (Å²) in [4.78, 5) is 10.7. The summed E-state index contributed by atoms with van der Waals surface area (Å²) in [7, 11) is 0. The van der Waals surface area contributed by atoms with Crippen LogP contribution in [0, 0.1) is 6.92 Å². The summed E-state index contributed by atoms with van der Waals surface area (Å²) in [5.74, 6) is 1.14. The van der Waals surface area contributed by atoms with Gasteiger partial charge in [0.15, 0.2) is 11.6 Å². The standard InChI is InChI=1S/C19H19Cl2N5/c1-3-26(16-6-4-5-12(2)7-16)19-17(22)18(23-11-24-19)25-15-9-13(20)8-14(21)10-15/h4-11H,3,22H2,1-2H3,(H,23,24,25). The van der Waals surface area contributed by atoms with Crippen LogP contribution in [0.4, 0.5) is 28.7 Å². The highest BCUT2D eigenvalue weighted by molar-refractivity contribution is 6.35. The summed E-state index contributed by atoms with van der Waals surface area (Å²) >= 11 is 12.1. The largest absolute Gasteiger partial charge is 0.393 e. The van der Waals surface area contributed by atoms with Gasteiger partial charge in [-0.2, -0.15) is 0 Å². The zero-order valence-electron chi connectivity index (χ0n) is 14.5. The minimum Gasteiger partial charge on any atom is -0.393 e. The zero-order valence-corrected chi connectivity index (χ0v) is 16.0. The number of rotatable bonds is 5. The van der Waals surface area contributed by atoms with Gasteiger partial charge in [-0.15, -0.1) is 0 Å². The van der Waals surface area contributed by atoms with E-state index in [9.17, 15) is 0 Å². The van der Waals surface area contributed by atoms with E-state index in [-0.39, 0.29) is 0 Å². The molecule has 0 aliphatic rings. The lowest BCUT2D eigenvalue weighted by atomic mass is 10.2. The first kappa shape index (κ1) is 18.3. The van der Waals surface area contributed by atoms with Crippen molar-refractivity contribution in [3.05, 3.63) is 64.4 Å². The highest BCUT2D eigenvalue weighted by Crippen LogP contribution is 2.34. The second-order valence-corrected chi connectivity index (χ2v) is 6.70. The molecule has 1 aromatic heterocycles. The molecule has 3 aromatic rings. The van der Waals surface area contributed by atoms with E-state index in [0.29, 0.717) is 39.6 Å². The van der Waals surface area contributed by atoms with Gasteiger partial charge in [0.1, 0.15) is 12.0 Å². The molecule has 0 aliphatic heterocycles. The number of anilines is 5. The van der Waals surface area contributed by atoms with Crippen LogP contribution in [0.3, 0.4) is 0 Å². The minimum atomic E-state index is 0.451. The average Bonchev–Trinajstić information content (AvgIpc) is 2.58. The van der Waals surface area contributed by atoms with Crippen molar-refractivity contribution < 1.29 is 0 Å². The number of halogens is 2. The third-order valence-corrected chi connectivity index (χ3v) is 4.31. The van der Waals surface area contributed by atoms with Crippen LogP contribution >= 0.6 is 23.2 Å². The molecule has 0 unspecified atom stereocenters. The Labute approximate surface area is 162 Å². The maximum atomic E-state index is 6.36. The quantitative estimate of drug-likeness (QED) is 0.598. The first-order valence-corrected chi connectivity index (χ1v) is 8.91. The van der Waals surface area contributed by atoms with Crippen molar-refractivity contribution in [1.82, 2.24) is 9.97 Å². The van der Waals surface area contributed by atoms with E-state index in [1.807, 2.05) is 24.0 Å². The SMILES string of the molecule is CCN(c1cccc(C)c1)c1ncnc(Nc2cc(Cl)cc(Cl)c2)c1N. The molecule has 0 amide bonds. The van der Waals surface area contributed by atoms with Crippen molar-refractivity contribution in [2.24, 2.45) is 0 Å². The van der Waals surface area contributed by atoms with Gasteiger partial charge < -0.3 is 16.0 Å². The lowest BCUT2D eigenvalue weighted by Crippen LogP contribution is -2.20. The van der Waals surface area contributed by atoms with E-state index < -0.39 is 0 Å². The van der Waals surface area contributed by atoms with E-state index in [0.717, 1.165) is 5.69 Å². The third kappa shape index (κ3) is 4.00. The van der Waals surface area contributed by atoms with Crippen LogP contribution in [0.25, 0.3) is 0 Å². The van der Waals surface area contributed by atoms with E-state index in [1.165, 1.54) is 11.9 Å². The number of nitrogen functional groups attached to an aromatic ring is 1. The van der Waals surface area contributed by atoms with Gasteiger partial charge in [-0.05, 0) is 49.7 Å².